The smallest absolute Gasteiger partial charge is 0.325 e. The van der Waals surface area contributed by atoms with Crippen molar-refractivity contribution < 1.29 is 29.0 Å². The fraction of sp³-hybridized carbons (Fsp3) is 0.471. The minimum Gasteiger partial charge on any atom is -0.497 e. The monoisotopic (exact) mass is 352 g/mol. The molecule has 8 nitrogen and oxygen atoms in total. The first kappa shape index (κ1) is 20.3. The number of carbonyl (C=O) groups excluding carboxylic acids is 2. The summed E-state index contributed by atoms with van der Waals surface area (Å²) < 4.78 is 10.2. The Bertz CT molecular complexity index is 622. The van der Waals surface area contributed by atoms with Crippen LogP contribution in [0.3, 0.4) is 0 Å². The summed E-state index contributed by atoms with van der Waals surface area (Å²) in [5.41, 5.74) is 0.265. The molecule has 0 saturated heterocycles. The van der Waals surface area contributed by atoms with E-state index in [1.165, 1.54) is 33.3 Å². The first-order valence-corrected chi connectivity index (χ1v) is 7.76. The zero-order valence-corrected chi connectivity index (χ0v) is 15.0. The lowest BCUT2D eigenvalue weighted by Gasteiger charge is -2.23. The summed E-state index contributed by atoms with van der Waals surface area (Å²) in [4.78, 5) is 35.7. The highest BCUT2D eigenvalue weighted by molar-refractivity contribution is 5.98. The predicted octanol–water partition coefficient (Wildman–Crippen LogP) is 1.05. The van der Waals surface area contributed by atoms with Crippen LogP contribution in [0.1, 0.15) is 31.1 Å². The molecule has 0 aliphatic heterocycles. The quantitative estimate of drug-likeness (QED) is 0.644. The summed E-state index contributed by atoms with van der Waals surface area (Å²) in [6.07, 6.45) is 0. The molecular weight excluding hydrogens is 328 g/mol. The number of benzene rings is 1. The highest BCUT2D eigenvalue weighted by Crippen LogP contribution is 2.22. The summed E-state index contributed by atoms with van der Waals surface area (Å²) in [7, 11) is 2.93. The Hall–Kier alpha value is -2.77. The average molecular weight is 352 g/mol. The van der Waals surface area contributed by atoms with Gasteiger partial charge in [0.15, 0.2) is 0 Å². The van der Waals surface area contributed by atoms with Gasteiger partial charge in [0.1, 0.15) is 23.6 Å². The largest absolute Gasteiger partial charge is 0.497 e. The van der Waals surface area contributed by atoms with Gasteiger partial charge in [-0.15, -0.1) is 0 Å². The fourth-order valence-corrected chi connectivity index (χ4v) is 2.06. The van der Waals surface area contributed by atoms with Gasteiger partial charge in [-0.3, -0.25) is 14.4 Å². The van der Waals surface area contributed by atoms with E-state index in [4.69, 9.17) is 14.6 Å². The SMILES string of the molecule is COc1cc(OC)cc(C(=O)NC(C(=O)N[C@H](C)C(=O)O)C(C)C)c1. The number of aliphatic carboxylic acids is 1. The number of carbonyl (C=O) groups is 3. The van der Waals surface area contributed by atoms with E-state index in [-0.39, 0.29) is 11.5 Å². The first-order chi connectivity index (χ1) is 11.7. The molecule has 3 N–H and O–H groups in total. The van der Waals surface area contributed by atoms with Gasteiger partial charge in [0.05, 0.1) is 14.2 Å². The van der Waals surface area contributed by atoms with Gasteiger partial charge in [0.2, 0.25) is 5.91 Å². The first-order valence-electron chi connectivity index (χ1n) is 7.76. The van der Waals surface area contributed by atoms with Crippen LogP contribution in [0.15, 0.2) is 18.2 Å². The summed E-state index contributed by atoms with van der Waals surface area (Å²) in [5, 5.41) is 13.9. The number of amides is 2. The molecule has 25 heavy (non-hydrogen) atoms. The van der Waals surface area contributed by atoms with Crippen LogP contribution < -0.4 is 20.1 Å². The molecular formula is C17H24N2O6. The number of hydrogen-bond acceptors (Lipinski definition) is 5. The minimum atomic E-state index is -1.15. The van der Waals surface area contributed by atoms with Gasteiger partial charge in [0, 0.05) is 11.6 Å². The average Bonchev–Trinajstić information content (AvgIpc) is 2.58. The molecule has 0 heterocycles. The molecule has 1 unspecified atom stereocenters. The zero-order valence-electron chi connectivity index (χ0n) is 15.0. The molecule has 0 aromatic heterocycles. The summed E-state index contributed by atoms with van der Waals surface area (Å²) in [6, 6.07) is 2.73. The highest BCUT2D eigenvalue weighted by Gasteiger charge is 2.27. The Morgan fingerprint density at radius 1 is 0.960 bits per heavy atom. The molecule has 138 valence electrons. The maximum atomic E-state index is 12.5. The molecule has 0 fully saturated rings. The van der Waals surface area contributed by atoms with Crippen molar-refractivity contribution in [2.24, 2.45) is 5.92 Å². The molecule has 1 rings (SSSR count). The Balaban J connectivity index is 2.96. The third-order valence-corrected chi connectivity index (χ3v) is 3.58. The number of carboxylic acid groups (broad SMARTS) is 1. The molecule has 0 aliphatic rings. The van der Waals surface area contributed by atoms with E-state index in [9.17, 15) is 14.4 Å². The second-order valence-electron chi connectivity index (χ2n) is 5.87. The van der Waals surface area contributed by atoms with Crippen molar-refractivity contribution in [3.05, 3.63) is 23.8 Å². The van der Waals surface area contributed by atoms with Crippen LogP contribution in [0.4, 0.5) is 0 Å². The van der Waals surface area contributed by atoms with Crippen LogP contribution in [-0.4, -0.2) is 49.2 Å². The Kier molecular flexibility index (Phi) is 7.22. The second kappa shape index (κ2) is 8.91. The third kappa shape index (κ3) is 5.66. The van der Waals surface area contributed by atoms with Crippen molar-refractivity contribution >= 4 is 17.8 Å². The van der Waals surface area contributed by atoms with Crippen molar-refractivity contribution in [3.63, 3.8) is 0 Å². The van der Waals surface area contributed by atoms with Crippen LogP contribution in [-0.2, 0) is 9.59 Å². The maximum absolute atomic E-state index is 12.5. The lowest BCUT2D eigenvalue weighted by atomic mass is 10.0. The highest BCUT2D eigenvalue weighted by atomic mass is 16.5. The van der Waals surface area contributed by atoms with E-state index in [2.05, 4.69) is 10.6 Å². The molecule has 0 saturated carbocycles. The summed E-state index contributed by atoms with van der Waals surface area (Å²) in [5.74, 6) is -1.57. The number of methoxy groups -OCH3 is 2. The van der Waals surface area contributed by atoms with Gasteiger partial charge < -0.3 is 25.2 Å². The number of rotatable bonds is 8. The molecule has 8 heteroatoms. The van der Waals surface area contributed by atoms with Gasteiger partial charge in [-0.2, -0.15) is 0 Å². The third-order valence-electron chi connectivity index (χ3n) is 3.58. The predicted molar refractivity (Wildman–Crippen MR) is 90.9 cm³/mol. The van der Waals surface area contributed by atoms with Gasteiger partial charge in [-0.1, -0.05) is 13.8 Å². The van der Waals surface area contributed by atoms with Gasteiger partial charge in [-0.25, -0.2) is 0 Å². The fourth-order valence-electron chi connectivity index (χ4n) is 2.06. The van der Waals surface area contributed by atoms with Gasteiger partial charge >= 0.3 is 5.97 Å². The molecule has 0 bridgehead atoms. The number of carboxylic acids is 1. The van der Waals surface area contributed by atoms with Crippen molar-refractivity contribution in [2.45, 2.75) is 32.9 Å². The summed E-state index contributed by atoms with van der Waals surface area (Å²) >= 11 is 0. The van der Waals surface area contributed by atoms with E-state index < -0.39 is 29.9 Å². The molecule has 0 spiro atoms. The van der Waals surface area contributed by atoms with Crippen LogP contribution in [0, 0.1) is 5.92 Å². The Labute approximate surface area is 146 Å². The van der Waals surface area contributed by atoms with E-state index >= 15 is 0 Å². The van der Waals surface area contributed by atoms with E-state index in [0.717, 1.165) is 0 Å². The maximum Gasteiger partial charge on any atom is 0.325 e. The standard InChI is InChI=1S/C17H24N2O6/c1-9(2)14(16(21)18-10(3)17(22)23)19-15(20)11-6-12(24-4)8-13(7-11)25-5/h6-10,14H,1-5H3,(H,18,21)(H,19,20)(H,22,23)/t10-,14?/m1/s1. The Morgan fingerprint density at radius 2 is 1.48 bits per heavy atom. The molecule has 2 amide bonds. The number of nitrogens with one attached hydrogen (secondary N) is 2. The minimum absolute atomic E-state index is 0.238. The van der Waals surface area contributed by atoms with Gasteiger partial charge in [-0.05, 0) is 25.0 Å². The molecule has 1 aromatic carbocycles. The van der Waals surface area contributed by atoms with Crippen molar-refractivity contribution in [1.82, 2.24) is 10.6 Å². The summed E-state index contributed by atoms with van der Waals surface area (Å²) in [6.45, 7) is 4.86. The van der Waals surface area contributed by atoms with Crippen molar-refractivity contribution in [2.75, 3.05) is 14.2 Å². The number of ether oxygens (including phenoxy) is 2. The van der Waals surface area contributed by atoms with E-state index in [1.807, 2.05) is 0 Å². The topological polar surface area (TPSA) is 114 Å². The molecule has 0 radical (unpaired) electrons. The molecule has 1 aromatic rings. The number of hydrogen-bond donors (Lipinski definition) is 3. The van der Waals surface area contributed by atoms with Crippen molar-refractivity contribution in [3.8, 4) is 11.5 Å². The van der Waals surface area contributed by atoms with E-state index in [0.29, 0.717) is 11.5 Å². The van der Waals surface area contributed by atoms with Crippen LogP contribution >= 0.6 is 0 Å². The lowest BCUT2D eigenvalue weighted by Crippen LogP contribution is -2.53. The van der Waals surface area contributed by atoms with Crippen LogP contribution in [0.5, 0.6) is 11.5 Å². The van der Waals surface area contributed by atoms with Crippen LogP contribution in [0.25, 0.3) is 0 Å². The van der Waals surface area contributed by atoms with E-state index in [1.54, 1.807) is 19.9 Å². The van der Waals surface area contributed by atoms with Crippen LogP contribution in [0.2, 0.25) is 0 Å². The zero-order chi connectivity index (χ0) is 19.1. The van der Waals surface area contributed by atoms with Crippen molar-refractivity contribution in [1.29, 1.82) is 0 Å². The Morgan fingerprint density at radius 3 is 1.88 bits per heavy atom. The normalized spacial score (nSPS) is 12.9. The second-order valence-corrected chi connectivity index (χ2v) is 5.87. The van der Waals surface area contributed by atoms with Gasteiger partial charge in [0.25, 0.3) is 5.91 Å². The molecule has 2 atom stereocenters. The molecule has 0 aliphatic carbocycles. The lowest BCUT2D eigenvalue weighted by molar-refractivity contribution is -0.141.